The first-order valence-corrected chi connectivity index (χ1v) is 6.07. The van der Waals surface area contributed by atoms with Crippen LogP contribution in [0.4, 0.5) is 0 Å². The van der Waals surface area contributed by atoms with Crippen LogP contribution in [0.15, 0.2) is 27.1 Å². The van der Waals surface area contributed by atoms with Crippen molar-refractivity contribution in [1.82, 2.24) is 4.98 Å². The maximum Gasteiger partial charge on any atom is 0.354 e. The van der Waals surface area contributed by atoms with Crippen molar-refractivity contribution in [3.63, 3.8) is 0 Å². The second kappa shape index (κ2) is 4.14. The topological polar surface area (TPSA) is 50.2 Å². The molecule has 0 saturated heterocycles. The van der Waals surface area contributed by atoms with E-state index in [2.05, 4.69) is 36.8 Å². The molecule has 0 amide bonds. The van der Waals surface area contributed by atoms with E-state index in [4.69, 9.17) is 5.11 Å². The summed E-state index contributed by atoms with van der Waals surface area (Å²) in [6.45, 7) is 1.87. The highest BCUT2D eigenvalue weighted by Crippen LogP contribution is 2.29. The highest BCUT2D eigenvalue weighted by atomic mass is 79.9. The van der Waals surface area contributed by atoms with Crippen LogP contribution in [0.1, 0.15) is 16.1 Å². The monoisotopic (exact) mass is 343 g/mol. The zero-order valence-corrected chi connectivity index (χ0v) is 11.5. The number of aromatic carboxylic acids is 1. The first-order chi connectivity index (χ1) is 7.49. The van der Waals surface area contributed by atoms with E-state index in [9.17, 15) is 4.79 Å². The molecule has 0 aliphatic rings. The van der Waals surface area contributed by atoms with E-state index in [0.717, 1.165) is 19.9 Å². The average molecular weight is 345 g/mol. The smallest absolute Gasteiger partial charge is 0.354 e. The average Bonchev–Trinajstić information content (AvgIpc) is 2.20. The van der Waals surface area contributed by atoms with Crippen molar-refractivity contribution in [3.05, 3.63) is 38.4 Å². The van der Waals surface area contributed by atoms with E-state index in [0.29, 0.717) is 5.52 Å². The molecule has 0 saturated carbocycles. The highest BCUT2D eigenvalue weighted by Gasteiger charge is 2.10. The molecule has 0 spiro atoms. The molecule has 3 nitrogen and oxygen atoms in total. The second-order valence-electron chi connectivity index (χ2n) is 3.41. The number of carboxylic acid groups (broad SMARTS) is 1. The maximum absolute atomic E-state index is 10.9. The number of carbonyl (C=O) groups is 1. The van der Waals surface area contributed by atoms with Crippen LogP contribution >= 0.6 is 31.9 Å². The van der Waals surface area contributed by atoms with Gasteiger partial charge in [0, 0.05) is 14.3 Å². The van der Waals surface area contributed by atoms with Crippen molar-refractivity contribution in [1.29, 1.82) is 0 Å². The van der Waals surface area contributed by atoms with Gasteiger partial charge in [-0.3, -0.25) is 0 Å². The molecule has 16 heavy (non-hydrogen) atoms. The molecule has 1 aromatic heterocycles. The number of nitrogens with zero attached hydrogens (tertiary/aromatic N) is 1. The lowest BCUT2D eigenvalue weighted by atomic mass is 10.1. The molecule has 1 heterocycles. The Morgan fingerprint density at radius 1 is 1.25 bits per heavy atom. The molecule has 0 radical (unpaired) electrons. The Morgan fingerprint density at radius 2 is 1.88 bits per heavy atom. The van der Waals surface area contributed by atoms with E-state index in [1.807, 2.05) is 13.0 Å². The van der Waals surface area contributed by atoms with Crippen molar-refractivity contribution < 1.29 is 9.90 Å². The first-order valence-electron chi connectivity index (χ1n) is 4.48. The minimum Gasteiger partial charge on any atom is -0.477 e. The fourth-order valence-electron chi connectivity index (χ4n) is 1.50. The van der Waals surface area contributed by atoms with E-state index in [1.165, 1.54) is 0 Å². The zero-order valence-electron chi connectivity index (χ0n) is 8.29. The molecule has 0 unspecified atom stereocenters. The van der Waals surface area contributed by atoms with Gasteiger partial charge in [0.1, 0.15) is 5.69 Å². The number of aryl methyl sites for hydroxylation is 1. The Balaban J connectivity index is 2.82. The van der Waals surface area contributed by atoms with E-state index >= 15 is 0 Å². The molecule has 1 N–H and O–H groups in total. The van der Waals surface area contributed by atoms with Gasteiger partial charge in [-0.05, 0) is 62.5 Å². The van der Waals surface area contributed by atoms with Crippen LogP contribution in [0.3, 0.4) is 0 Å². The number of pyridine rings is 1. The van der Waals surface area contributed by atoms with Gasteiger partial charge in [0.2, 0.25) is 0 Å². The van der Waals surface area contributed by atoms with Gasteiger partial charge >= 0.3 is 5.97 Å². The number of benzene rings is 1. The lowest BCUT2D eigenvalue weighted by molar-refractivity contribution is 0.0691. The van der Waals surface area contributed by atoms with Crippen molar-refractivity contribution in [2.45, 2.75) is 6.92 Å². The summed E-state index contributed by atoms with van der Waals surface area (Å²) in [5, 5.41) is 9.85. The normalized spacial score (nSPS) is 10.7. The van der Waals surface area contributed by atoms with Gasteiger partial charge in [0.15, 0.2) is 0 Å². The Kier molecular flexibility index (Phi) is 2.99. The number of fused-ring (bicyclic) bond motifs is 1. The van der Waals surface area contributed by atoms with Gasteiger partial charge in [-0.25, -0.2) is 9.78 Å². The van der Waals surface area contributed by atoms with Crippen LogP contribution in [0.5, 0.6) is 0 Å². The quantitative estimate of drug-likeness (QED) is 0.856. The van der Waals surface area contributed by atoms with Gasteiger partial charge < -0.3 is 5.11 Å². The minimum atomic E-state index is -1.01. The fraction of sp³-hybridized carbons (Fsp3) is 0.0909. The molecule has 0 atom stereocenters. The predicted octanol–water partition coefficient (Wildman–Crippen LogP) is 3.77. The third-order valence-electron chi connectivity index (χ3n) is 2.28. The molecule has 5 heteroatoms. The van der Waals surface area contributed by atoms with Crippen LogP contribution in [0, 0.1) is 6.92 Å². The van der Waals surface area contributed by atoms with Gasteiger partial charge in [0.05, 0.1) is 5.52 Å². The van der Waals surface area contributed by atoms with Crippen molar-refractivity contribution in [2.75, 3.05) is 0 Å². The van der Waals surface area contributed by atoms with Crippen molar-refractivity contribution >= 4 is 48.7 Å². The molecular weight excluding hydrogens is 338 g/mol. The lowest BCUT2D eigenvalue weighted by Crippen LogP contribution is -2.01. The van der Waals surface area contributed by atoms with E-state index in [-0.39, 0.29) is 5.69 Å². The van der Waals surface area contributed by atoms with E-state index < -0.39 is 5.97 Å². The molecule has 0 bridgehead atoms. The summed E-state index contributed by atoms with van der Waals surface area (Å²) < 4.78 is 1.78. The number of hydrogen-bond donors (Lipinski definition) is 1. The number of aromatic nitrogens is 1. The van der Waals surface area contributed by atoms with Crippen LogP contribution in [-0.4, -0.2) is 16.1 Å². The number of rotatable bonds is 1. The minimum absolute atomic E-state index is 0.0687. The van der Waals surface area contributed by atoms with Crippen LogP contribution in [0.25, 0.3) is 10.9 Å². The molecule has 2 rings (SSSR count). The third kappa shape index (κ3) is 1.97. The molecule has 0 aliphatic carbocycles. The summed E-state index contributed by atoms with van der Waals surface area (Å²) in [5.74, 6) is -1.01. The molecule has 0 aliphatic heterocycles. The number of hydrogen-bond acceptors (Lipinski definition) is 2. The van der Waals surface area contributed by atoms with Gasteiger partial charge in [-0.1, -0.05) is 0 Å². The summed E-state index contributed by atoms with van der Waals surface area (Å²) >= 11 is 6.78. The fourth-order valence-corrected chi connectivity index (χ4v) is 2.17. The van der Waals surface area contributed by atoms with E-state index in [1.54, 1.807) is 12.1 Å². The summed E-state index contributed by atoms with van der Waals surface area (Å²) in [6, 6.07) is 5.30. The standard InChI is InChI=1S/C11H7Br2NO2/c1-5-2-10(11(15)16)14-9-4-8(13)7(12)3-6(5)9/h2-4H,1H3,(H,15,16). The Labute approximate surface area is 109 Å². The molecular formula is C11H7Br2NO2. The van der Waals surface area contributed by atoms with Crippen LogP contribution < -0.4 is 0 Å². The Bertz CT molecular complexity index is 596. The molecule has 0 fully saturated rings. The number of halogens is 2. The largest absolute Gasteiger partial charge is 0.477 e. The van der Waals surface area contributed by atoms with Gasteiger partial charge in [-0.15, -0.1) is 0 Å². The SMILES string of the molecule is Cc1cc(C(=O)O)nc2cc(Br)c(Br)cc12. The summed E-state index contributed by atoms with van der Waals surface area (Å²) in [5.41, 5.74) is 1.64. The Hall–Kier alpha value is -0.940. The van der Waals surface area contributed by atoms with Gasteiger partial charge in [0.25, 0.3) is 0 Å². The summed E-state index contributed by atoms with van der Waals surface area (Å²) in [4.78, 5) is 15.0. The Morgan fingerprint density at radius 3 is 2.50 bits per heavy atom. The van der Waals surface area contributed by atoms with Gasteiger partial charge in [-0.2, -0.15) is 0 Å². The predicted molar refractivity (Wildman–Crippen MR) is 68.8 cm³/mol. The van der Waals surface area contributed by atoms with Crippen molar-refractivity contribution in [3.8, 4) is 0 Å². The summed E-state index contributed by atoms with van der Waals surface area (Å²) in [7, 11) is 0. The summed E-state index contributed by atoms with van der Waals surface area (Å²) in [6.07, 6.45) is 0. The zero-order chi connectivity index (χ0) is 11.9. The van der Waals surface area contributed by atoms with Crippen molar-refractivity contribution in [2.24, 2.45) is 0 Å². The van der Waals surface area contributed by atoms with Crippen LogP contribution in [-0.2, 0) is 0 Å². The second-order valence-corrected chi connectivity index (χ2v) is 5.12. The molecule has 2 aromatic rings. The maximum atomic E-state index is 10.9. The lowest BCUT2D eigenvalue weighted by Gasteiger charge is -2.05. The molecule has 1 aromatic carbocycles. The molecule has 82 valence electrons. The third-order valence-corrected chi connectivity index (χ3v) is 4.12. The number of carboxylic acids is 1. The van der Waals surface area contributed by atoms with Crippen LogP contribution in [0.2, 0.25) is 0 Å². The highest BCUT2D eigenvalue weighted by molar-refractivity contribution is 9.13. The first kappa shape index (κ1) is 11.5.